The average Bonchev–Trinajstić information content (AvgIpc) is 2.40. The first kappa shape index (κ1) is 10.1. The lowest BCUT2D eigenvalue weighted by molar-refractivity contribution is 0.0992. The topological polar surface area (TPSA) is 20.3 Å². The normalized spacial score (nSPS) is 14.6. The monoisotopic (exact) mass is 223 g/mol. The maximum Gasteiger partial charge on any atom is 0.182 e. The third kappa shape index (κ3) is 1.82. The van der Waals surface area contributed by atoms with Gasteiger partial charge in [-0.2, -0.15) is 0 Å². The number of Topliss-reactive ketones (excluding diaryl/α,β-unsaturated/α-hetero) is 1. The van der Waals surface area contributed by atoms with Crippen LogP contribution >= 0.6 is 0 Å². The number of carbonyl (C=O) groups excluding carboxylic acids is 1. The molecule has 0 aromatic heterocycles. The van der Waals surface area contributed by atoms with Gasteiger partial charge < -0.3 is 4.90 Å². The van der Waals surface area contributed by atoms with Crippen molar-refractivity contribution < 1.29 is 4.79 Å². The summed E-state index contributed by atoms with van der Waals surface area (Å²) in [6, 6.07) is 17.9. The van der Waals surface area contributed by atoms with E-state index in [9.17, 15) is 4.79 Å². The first-order valence-corrected chi connectivity index (χ1v) is 5.76. The van der Waals surface area contributed by atoms with Crippen molar-refractivity contribution in [1.29, 1.82) is 0 Å². The Labute approximate surface area is 100 Å². The smallest absolute Gasteiger partial charge is 0.182 e. The Bertz CT molecular complexity index is 548. The van der Waals surface area contributed by atoms with Crippen molar-refractivity contribution in [2.45, 2.75) is 6.54 Å². The molecule has 0 bridgehead atoms. The molecule has 84 valence electrons. The van der Waals surface area contributed by atoms with Crippen LogP contribution in [0.4, 0.5) is 5.69 Å². The molecule has 2 aromatic carbocycles. The summed E-state index contributed by atoms with van der Waals surface area (Å²) in [6.45, 7) is 1.28. The number of benzene rings is 2. The Morgan fingerprint density at radius 3 is 2.35 bits per heavy atom. The Morgan fingerprint density at radius 2 is 1.53 bits per heavy atom. The first-order chi connectivity index (χ1) is 8.34. The molecule has 0 atom stereocenters. The Kier molecular flexibility index (Phi) is 2.41. The largest absolute Gasteiger partial charge is 0.359 e. The quantitative estimate of drug-likeness (QED) is 0.741. The fourth-order valence-corrected chi connectivity index (χ4v) is 2.27. The highest BCUT2D eigenvalue weighted by Gasteiger charge is 2.22. The van der Waals surface area contributed by atoms with Gasteiger partial charge in [0, 0.05) is 17.8 Å². The number of fused-ring (bicyclic) bond motifs is 1. The lowest BCUT2D eigenvalue weighted by atomic mass is 9.98. The van der Waals surface area contributed by atoms with E-state index in [0.717, 1.165) is 23.4 Å². The Hall–Kier alpha value is -2.09. The second-order valence-electron chi connectivity index (χ2n) is 4.27. The minimum absolute atomic E-state index is 0.204. The van der Waals surface area contributed by atoms with Crippen LogP contribution in [-0.4, -0.2) is 12.3 Å². The van der Waals surface area contributed by atoms with Gasteiger partial charge in [0.05, 0.1) is 6.54 Å². The summed E-state index contributed by atoms with van der Waals surface area (Å²) in [5, 5.41) is 0. The summed E-state index contributed by atoms with van der Waals surface area (Å²) in [6.07, 6.45) is 0. The number of hydrogen-bond acceptors (Lipinski definition) is 2. The van der Waals surface area contributed by atoms with E-state index in [1.807, 2.05) is 54.6 Å². The maximum atomic E-state index is 12.0. The van der Waals surface area contributed by atoms with E-state index in [2.05, 4.69) is 4.90 Å². The zero-order chi connectivity index (χ0) is 11.7. The van der Waals surface area contributed by atoms with Gasteiger partial charge in [-0.3, -0.25) is 4.79 Å². The molecule has 2 heteroatoms. The fourth-order valence-electron chi connectivity index (χ4n) is 2.27. The summed E-state index contributed by atoms with van der Waals surface area (Å²) in [4.78, 5) is 14.1. The van der Waals surface area contributed by atoms with Crippen molar-refractivity contribution in [3.8, 4) is 0 Å². The summed E-state index contributed by atoms with van der Waals surface area (Å²) < 4.78 is 0. The molecule has 0 N–H and O–H groups in total. The molecule has 0 spiro atoms. The number of para-hydroxylation sites is 1. The van der Waals surface area contributed by atoms with Crippen molar-refractivity contribution >= 4 is 11.5 Å². The summed E-state index contributed by atoms with van der Waals surface area (Å²) in [7, 11) is 0. The molecular formula is C15H13NO. The van der Waals surface area contributed by atoms with Crippen LogP contribution in [0.5, 0.6) is 0 Å². The molecule has 1 aliphatic heterocycles. The van der Waals surface area contributed by atoms with Gasteiger partial charge in [0.1, 0.15) is 0 Å². The molecule has 0 radical (unpaired) electrons. The minimum Gasteiger partial charge on any atom is -0.359 e. The Balaban J connectivity index is 1.97. The molecule has 0 saturated carbocycles. The predicted octanol–water partition coefficient (Wildman–Crippen LogP) is 2.89. The number of hydrogen-bond donors (Lipinski definition) is 0. The number of carbonyl (C=O) groups is 1. The van der Waals surface area contributed by atoms with E-state index in [4.69, 9.17) is 0 Å². The fraction of sp³-hybridized carbons (Fsp3) is 0.133. The summed E-state index contributed by atoms with van der Waals surface area (Å²) in [5.41, 5.74) is 3.10. The third-order valence-corrected chi connectivity index (χ3v) is 3.13. The maximum absolute atomic E-state index is 12.0. The van der Waals surface area contributed by atoms with E-state index >= 15 is 0 Å². The van der Waals surface area contributed by atoms with Gasteiger partial charge in [0.15, 0.2) is 5.78 Å². The van der Waals surface area contributed by atoms with E-state index in [1.165, 1.54) is 0 Å². The Morgan fingerprint density at radius 1 is 0.824 bits per heavy atom. The lowest BCUT2D eigenvalue weighted by Crippen LogP contribution is -2.34. The molecule has 17 heavy (non-hydrogen) atoms. The SMILES string of the molecule is O=C1CN(c2ccccc2)Cc2ccccc21. The van der Waals surface area contributed by atoms with Crippen molar-refractivity contribution in [3.05, 3.63) is 65.7 Å². The van der Waals surface area contributed by atoms with Gasteiger partial charge in [-0.05, 0) is 17.7 Å². The van der Waals surface area contributed by atoms with Gasteiger partial charge in [-0.25, -0.2) is 0 Å². The molecule has 1 aliphatic rings. The second kappa shape index (κ2) is 4.06. The van der Waals surface area contributed by atoms with Crippen LogP contribution in [0.2, 0.25) is 0 Å². The van der Waals surface area contributed by atoms with Gasteiger partial charge in [0.2, 0.25) is 0 Å². The average molecular weight is 223 g/mol. The van der Waals surface area contributed by atoms with E-state index in [-0.39, 0.29) is 5.78 Å². The van der Waals surface area contributed by atoms with Crippen molar-refractivity contribution in [3.63, 3.8) is 0 Å². The minimum atomic E-state index is 0.204. The molecule has 0 amide bonds. The first-order valence-electron chi connectivity index (χ1n) is 5.76. The highest BCUT2D eigenvalue weighted by Crippen LogP contribution is 2.23. The molecular weight excluding hydrogens is 210 g/mol. The zero-order valence-electron chi connectivity index (χ0n) is 9.47. The molecule has 3 rings (SSSR count). The van der Waals surface area contributed by atoms with E-state index in [0.29, 0.717) is 6.54 Å². The van der Waals surface area contributed by atoms with Gasteiger partial charge >= 0.3 is 0 Å². The highest BCUT2D eigenvalue weighted by molar-refractivity contribution is 6.01. The van der Waals surface area contributed by atoms with Gasteiger partial charge in [-0.15, -0.1) is 0 Å². The molecule has 2 aromatic rings. The third-order valence-electron chi connectivity index (χ3n) is 3.13. The zero-order valence-corrected chi connectivity index (χ0v) is 9.47. The van der Waals surface area contributed by atoms with E-state index in [1.54, 1.807) is 0 Å². The van der Waals surface area contributed by atoms with Crippen LogP contribution in [0.25, 0.3) is 0 Å². The second-order valence-corrected chi connectivity index (χ2v) is 4.27. The van der Waals surface area contributed by atoms with Crippen molar-refractivity contribution in [1.82, 2.24) is 0 Å². The molecule has 0 aliphatic carbocycles. The molecule has 0 fully saturated rings. The predicted molar refractivity (Wildman–Crippen MR) is 68.3 cm³/mol. The summed E-state index contributed by atoms with van der Waals surface area (Å²) >= 11 is 0. The van der Waals surface area contributed by atoms with Gasteiger partial charge in [-0.1, -0.05) is 42.5 Å². The van der Waals surface area contributed by atoms with Crippen LogP contribution in [0.1, 0.15) is 15.9 Å². The van der Waals surface area contributed by atoms with Crippen molar-refractivity contribution in [2.24, 2.45) is 0 Å². The number of anilines is 1. The molecule has 0 unspecified atom stereocenters. The standard InChI is InChI=1S/C15H13NO/c17-15-11-16(13-7-2-1-3-8-13)10-12-6-4-5-9-14(12)15/h1-9H,10-11H2. The number of rotatable bonds is 1. The van der Waals surface area contributed by atoms with Gasteiger partial charge in [0.25, 0.3) is 0 Å². The van der Waals surface area contributed by atoms with Crippen LogP contribution in [0, 0.1) is 0 Å². The molecule has 1 heterocycles. The van der Waals surface area contributed by atoms with E-state index < -0.39 is 0 Å². The highest BCUT2D eigenvalue weighted by atomic mass is 16.1. The molecule has 2 nitrogen and oxygen atoms in total. The molecule has 0 saturated heterocycles. The summed E-state index contributed by atoms with van der Waals surface area (Å²) in [5.74, 6) is 0.204. The van der Waals surface area contributed by atoms with Crippen LogP contribution in [0.3, 0.4) is 0 Å². The van der Waals surface area contributed by atoms with Crippen LogP contribution < -0.4 is 4.90 Å². The number of nitrogens with zero attached hydrogens (tertiary/aromatic N) is 1. The lowest BCUT2D eigenvalue weighted by Gasteiger charge is -2.29. The van der Waals surface area contributed by atoms with Crippen LogP contribution in [-0.2, 0) is 6.54 Å². The van der Waals surface area contributed by atoms with Crippen LogP contribution in [0.15, 0.2) is 54.6 Å². The number of ketones is 1. The van der Waals surface area contributed by atoms with Crippen molar-refractivity contribution in [2.75, 3.05) is 11.4 Å².